The molecule has 0 saturated heterocycles. The smallest absolute Gasteiger partial charge is 0.279 e. The molecule has 2 aromatic rings. The van der Waals surface area contributed by atoms with E-state index in [1.54, 1.807) is 35.7 Å². The number of carbonyl (C=O) groups is 1. The third kappa shape index (κ3) is 6.05. The van der Waals surface area contributed by atoms with Crippen LogP contribution in [0.4, 0.5) is 8.78 Å². The molecule has 1 saturated carbocycles. The molecule has 1 atom stereocenters. The molecule has 1 unspecified atom stereocenters. The number of para-hydroxylation sites is 1. The Morgan fingerprint density at radius 2 is 2.00 bits per heavy atom. The minimum Gasteiger partial charge on any atom is -0.456 e. The van der Waals surface area contributed by atoms with E-state index in [0.717, 1.165) is 31.1 Å². The first-order valence-corrected chi connectivity index (χ1v) is 10.2. The van der Waals surface area contributed by atoms with Gasteiger partial charge in [0, 0.05) is 13.0 Å². The van der Waals surface area contributed by atoms with Crippen LogP contribution >= 0.6 is 24.0 Å². The molecule has 152 valence electrons. The molecular weight excluding hydrogens is 402 g/mol. The average molecular weight is 427 g/mol. The maximum atomic E-state index is 13.8. The van der Waals surface area contributed by atoms with Crippen molar-refractivity contribution in [3.8, 4) is 11.5 Å². The van der Waals surface area contributed by atoms with Gasteiger partial charge in [-0.15, -0.1) is 11.3 Å². The summed E-state index contributed by atoms with van der Waals surface area (Å²) in [5, 5.41) is 4.49. The van der Waals surface area contributed by atoms with Crippen molar-refractivity contribution in [3.63, 3.8) is 0 Å². The van der Waals surface area contributed by atoms with Gasteiger partial charge in [-0.05, 0) is 43.3 Å². The molecule has 3 rings (SSSR count). The highest BCUT2D eigenvalue weighted by Crippen LogP contribution is 2.41. The van der Waals surface area contributed by atoms with E-state index in [1.807, 2.05) is 6.07 Å². The molecule has 0 radical (unpaired) electrons. The van der Waals surface area contributed by atoms with Crippen molar-refractivity contribution in [3.05, 3.63) is 57.6 Å². The number of nitrogens with one attached hydrogen (secondary N) is 1. The van der Waals surface area contributed by atoms with E-state index >= 15 is 0 Å². The number of thiol groups is 1. The van der Waals surface area contributed by atoms with Gasteiger partial charge in [0.25, 0.3) is 11.8 Å². The zero-order valence-corrected chi connectivity index (χ0v) is 17.4. The number of halogens is 2. The molecule has 1 fully saturated rings. The minimum atomic E-state index is -3.04. The highest BCUT2D eigenvalue weighted by Gasteiger charge is 2.34. The molecule has 3 N–H and O–H groups in total. The zero-order valence-electron chi connectivity index (χ0n) is 15.7. The van der Waals surface area contributed by atoms with Crippen LogP contribution < -0.4 is 15.8 Å². The van der Waals surface area contributed by atoms with Crippen molar-refractivity contribution in [1.82, 2.24) is 5.32 Å². The molecule has 8 heteroatoms. The molecule has 1 aliphatic carbocycles. The average Bonchev–Trinajstić information content (AvgIpc) is 3.43. The molecule has 1 aromatic heterocycles. The molecule has 0 bridgehead atoms. The standard InChI is InChI=1S/C19H19F2NO2S2.CH5N/c1-19(20,21)16-11-15(24-13-5-3-2-4-6-13)17(26-16)18(23)22-14(9-10-25)12-7-8-12;1-2/h2-6,9-12,14,25H,7-8H2,1H3,(H,22,23);2H2,1H3/b10-9+;. The Morgan fingerprint density at radius 1 is 1.36 bits per heavy atom. The lowest BCUT2D eigenvalue weighted by atomic mass is 10.2. The van der Waals surface area contributed by atoms with Crippen LogP contribution in [0.5, 0.6) is 11.5 Å². The van der Waals surface area contributed by atoms with Crippen molar-refractivity contribution in [1.29, 1.82) is 0 Å². The second-order valence-electron chi connectivity index (χ2n) is 6.29. The summed E-state index contributed by atoms with van der Waals surface area (Å²) < 4.78 is 33.3. The van der Waals surface area contributed by atoms with Crippen LogP contribution in [0, 0.1) is 5.92 Å². The fourth-order valence-electron chi connectivity index (χ4n) is 2.53. The lowest BCUT2D eigenvalue weighted by molar-refractivity contribution is 0.0214. The van der Waals surface area contributed by atoms with Crippen LogP contribution in [0.3, 0.4) is 0 Å². The maximum absolute atomic E-state index is 13.8. The number of rotatable bonds is 7. The van der Waals surface area contributed by atoms with Gasteiger partial charge in [0.05, 0.1) is 10.9 Å². The van der Waals surface area contributed by atoms with Gasteiger partial charge in [-0.2, -0.15) is 12.6 Å². The van der Waals surface area contributed by atoms with E-state index in [0.29, 0.717) is 11.7 Å². The third-order valence-electron chi connectivity index (χ3n) is 4.03. The number of carbonyl (C=O) groups excluding carboxylic acids is 1. The van der Waals surface area contributed by atoms with Crippen molar-refractivity contribution in [2.24, 2.45) is 11.7 Å². The molecule has 0 aliphatic heterocycles. The lowest BCUT2D eigenvalue weighted by Gasteiger charge is -2.14. The fraction of sp³-hybridized carbons (Fsp3) is 0.350. The highest BCUT2D eigenvalue weighted by molar-refractivity contribution is 7.83. The third-order valence-corrected chi connectivity index (χ3v) is 5.49. The van der Waals surface area contributed by atoms with Gasteiger partial charge in [-0.3, -0.25) is 4.79 Å². The first-order chi connectivity index (χ1) is 13.4. The summed E-state index contributed by atoms with van der Waals surface area (Å²) >= 11 is 4.82. The van der Waals surface area contributed by atoms with E-state index in [2.05, 4.69) is 23.7 Å². The summed E-state index contributed by atoms with van der Waals surface area (Å²) in [4.78, 5) is 12.7. The van der Waals surface area contributed by atoms with Crippen LogP contribution in [-0.2, 0) is 5.92 Å². The first kappa shape index (κ1) is 22.4. The van der Waals surface area contributed by atoms with Gasteiger partial charge < -0.3 is 15.8 Å². The Kier molecular flexibility index (Phi) is 8.03. The molecule has 4 nitrogen and oxygen atoms in total. The first-order valence-electron chi connectivity index (χ1n) is 8.83. The molecule has 1 aliphatic rings. The molecule has 1 heterocycles. The van der Waals surface area contributed by atoms with Crippen molar-refractivity contribution < 1.29 is 18.3 Å². The second-order valence-corrected chi connectivity index (χ2v) is 7.64. The van der Waals surface area contributed by atoms with Crippen LogP contribution in [-0.4, -0.2) is 19.0 Å². The summed E-state index contributed by atoms with van der Waals surface area (Å²) in [6.45, 7) is 0.809. The van der Waals surface area contributed by atoms with Crippen LogP contribution in [0.1, 0.15) is 34.3 Å². The molecule has 1 amide bonds. The number of amides is 1. The van der Waals surface area contributed by atoms with Crippen molar-refractivity contribution >= 4 is 29.9 Å². The summed E-state index contributed by atoms with van der Waals surface area (Å²) in [5.74, 6) is -2.47. The van der Waals surface area contributed by atoms with E-state index in [4.69, 9.17) is 4.74 Å². The Morgan fingerprint density at radius 3 is 2.54 bits per heavy atom. The summed E-state index contributed by atoms with van der Waals surface area (Å²) in [6.07, 6.45) is 3.86. The number of hydrogen-bond donors (Lipinski definition) is 3. The quantitative estimate of drug-likeness (QED) is 0.535. The van der Waals surface area contributed by atoms with Gasteiger partial charge in [0.1, 0.15) is 10.6 Å². The van der Waals surface area contributed by atoms with Gasteiger partial charge in [-0.25, -0.2) is 8.78 Å². The monoisotopic (exact) mass is 426 g/mol. The number of benzene rings is 1. The maximum Gasteiger partial charge on any atom is 0.279 e. The van der Waals surface area contributed by atoms with E-state index in [9.17, 15) is 13.6 Å². The van der Waals surface area contributed by atoms with Crippen LogP contribution in [0.25, 0.3) is 0 Å². The number of thiophene rings is 1. The molecule has 1 aromatic carbocycles. The second kappa shape index (κ2) is 10.0. The van der Waals surface area contributed by atoms with Crippen LogP contribution in [0.15, 0.2) is 47.9 Å². The Labute approximate surface area is 173 Å². The normalized spacial score (nSPS) is 14.9. The Balaban J connectivity index is 0.00000136. The Bertz CT molecular complexity index is 800. The molecule has 28 heavy (non-hydrogen) atoms. The van der Waals surface area contributed by atoms with E-state index in [1.165, 1.54) is 13.1 Å². The van der Waals surface area contributed by atoms with Crippen molar-refractivity contribution in [2.45, 2.75) is 31.7 Å². The predicted molar refractivity (Wildman–Crippen MR) is 113 cm³/mol. The SMILES string of the molecule is CC(F)(F)c1cc(Oc2ccccc2)c(C(=O)NC(/C=C/S)C2CC2)s1.CN. The largest absolute Gasteiger partial charge is 0.456 e. The van der Waals surface area contributed by atoms with E-state index in [-0.39, 0.29) is 21.5 Å². The van der Waals surface area contributed by atoms with Gasteiger partial charge in [0.2, 0.25) is 0 Å². The number of nitrogens with two attached hydrogens (primary N) is 1. The highest BCUT2D eigenvalue weighted by atomic mass is 32.1. The lowest BCUT2D eigenvalue weighted by Crippen LogP contribution is -2.34. The summed E-state index contributed by atoms with van der Waals surface area (Å²) in [6, 6.07) is 9.88. The topological polar surface area (TPSA) is 64.3 Å². The fourth-order valence-corrected chi connectivity index (χ4v) is 3.63. The zero-order chi connectivity index (χ0) is 20.7. The van der Waals surface area contributed by atoms with Gasteiger partial charge >= 0.3 is 0 Å². The predicted octanol–water partition coefficient (Wildman–Crippen LogP) is 5.18. The van der Waals surface area contributed by atoms with Gasteiger partial charge in [0.15, 0.2) is 5.75 Å². The number of alkyl halides is 2. The number of hydrogen-bond acceptors (Lipinski definition) is 5. The minimum absolute atomic E-state index is 0.139. The van der Waals surface area contributed by atoms with Crippen LogP contribution in [0.2, 0.25) is 0 Å². The summed E-state index contributed by atoms with van der Waals surface area (Å²) in [5.41, 5.74) is 4.50. The van der Waals surface area contributed by atoms with Gasteiger partial charge in [-0.1, -0.05) is 24.3 Å². The number of ether oxygens (including phenoxy) is 1. The Hall–Kier alpha value is -1.90. The summed E-state index contributed by atoms with van der Waals surface area (Å²) in [7, 11) is 1.50. The van der Waals surface area contributed by atoms with Crippen molar-refractivity contribution in [2.75, 3.05) is 7.05 Å². The molecular formula is C20H24F2N2O2S2. The van der Waals surface area contributed by atoms with E-state index < -0.39 is 11.8 Å². The molecule has 0 spiro atoms.